The molecular weight excluding hydrogens is 240 g/mol. The van der Waals surface area contributed by atoms with Gasteiger partial charge < -0.3 is 10.2 Å². The van der Waals surface area contributed by atoms with Crippen LogP contribution in [0.4, 0.5) is 0 Å². The molecule has 1 N–H and O–H groups in total. The fourth-order valence-corrected chi connectivity index (χ4v) is 2.57. The summed E-state index contributed by atoms with van der Waals surface area (Å²) < 4.78 is 0. The molecule has 0 aromatic rings. The lowest BCUT2D eigenvalue weighted by atomic mass is 9.83. The molecule has 4 heteroatoms. The molecule has 2 unspecified atom stereocenters. The Bertz CT molecular complexity index is 376. The van der Waals surface area contributed by atoms with E-state index in [1.807, 2.05) is 46.4 Å². The van der Waals surface area contributed by atoms with Crippen LogP contribution in [0.1, 0.15) is 61.3 Å². The second-order valence-corrected chi connectivity index (χ2v) is 6.70. The summed E-state index contributed by atoms with van der Waals surface area (Å²) in [5, 5.41) is 2.92. The Kier molecular flexibility index (Phi) is 4.33. The quantitative estimate of drug-likeness (QED) is 0.850. The third kappa shape index (κ3) is 2.63. The molecule has 1 saturated heterocycles. The predicted octanol–water partition coefficient (Wildman–Crippen LogP) is 2.33. The number of amides is 2. The Balaban J connectivity index is 3.30. The first kappa shape index (κ1) is 16.0. The van der Waals surface area contributed by atoms with E-state index in [2.05, 4.69) is 12.2 Å². The van der Waals surface area contributed by atoms with Crippen molar-refractivity contribution in [3.63, 3.8) is 0 Å². The molecule has 0 aromatic heterocycles. The first-order valence-corrected chi connectivity index (χ1v) is 7.26. The van der Waals surface area contributed by atoms with Crippen molar-refractivity contribution < 1.29 is 9.59 Å². The molecule has 0 aliphatic carbocycles. The maximum atomic E-state index is 12.9. The number of piperazine rings is 1. The number of carbonyl (C=O) groups is 2. The van der Waals surface area contributed by atoms with E-state index in [0.29, 0.717) is 6.42 Å². The van der Waals surface area contributed by atoms with E-state index in [1.54, 1.807) is 0 Å². The van der Waals surface area contributed by atoms with Crippen LogP contribution < -0.4 is 5.32 Å². The smallest absolute Gasteiger partial charge is 0.249 e. The van der Waals surface area contributed by atoms with E-state index in [-0.39, 0.29) is 29.3 Å². The minimum Gasteiger partial charge on any atom is -0.340 e. The predicted molar refractivity (Wildman–Crippen MR) is 76.7 cm³/mol. The molecule has 2 atom stereocenters. The van der Waals surface area contributed by atoms with Crippen molar-refractivity contribution in [2.75, 3.05) is 0 Å². The van der Waals surface area contributed by atoms with Gasteiger partial charge in [0.1, 0.15) is 11.6 Å². The maximum Gasteiger partial charge on any atom is 0.249 e. The van der Waals surface area contributed by atoms with E-state index in [9.17, 15) is 9.59 Å². The zero-order valence-corrected chi connectivity index (χ0v) is 13.3. The van der Waals surface area contributed by atoms with E-state index >= 15 is 0 Å². The molecule has 2 amide bonds. The molecule has 4 nitrogen and oxygen atoms in total. The first-order chi connectivity index (χ1) is 8.60. The number of carbonyl (C=O) groups excluding carboxylic acids is 2. The van der Waals surface area contributed by atoms with Crippen molar-refractivity contribution in [2.45, 2.75) is 78.4 Å². The Hall–Kier alpha value is -1.06. The topological polar surface area (TPSA) is 49.4 Å². The summed E-state index contributed by atoms with van der Waals surface area (Å²) in [6.45, 7) is 13.9. The van der Waals surface area contributed by atoms with Gasteiger partial charge >= 0.3 is 0 Å². The second-order valence-electron chi connectivity index (χ2n) is 6.70. The van der Waals surface area contributed by atoms with Crippen LogP contribution in [0.15, 0.2) is 0 Å². The highest BCUT2D eigenvalue weighted by molar-refractivity contribution is 6.00. The standard InChI is InChI=1S/C15H28N2O2/c1-8-14(5,6)17-11(10(3)4)12(18)16-15(7,9-2)13(17)19/h10-11H,8-9H2,1-7H3,(H,16,18). The van der Waals surface area contributed by atoms with Crippen LogP contribution in [0.5, 0.6) is 0 Å². The van der Waals surface area contributed by atoms with Crippen molar-refractivity contribution in [3.05, 3.63) is 0 Å². The van der Waals surface area contributed by atoms with Crippen molar-refractivity contribution in [3.8, 4) is 0 Å². The molecule has 1 aliphatic heterocycles. The van der Waals surface area contributed by atoms with Gasteiger partial charge in [-0.3, -0.25) is 9.59 Å². The Labute approximate surface area is 116 Å². The summed E-state index contributed by atoms with van der Waals surface area (Å²) in [6, 6.07) is -0.373. The second kappa shape index (κ2) is 5.14. The summed E-state index contributed by atoms with van der Waals surface area (Å²) >= 11 is 0. The molecule has 110 valence electrons. The Morgan fingerprint density at radius 2 is 1.84 bits per heavy atom. The fraction of sp³-hybridized carbons (Fsp3) is 0.867. The van der Waals surface area contributed by atoms with Crippen LogP contribution in [0.2, 0.25) is 0 Å². The third-order valence-corrected chi connectivity index (χ3v) is 4.49. The van der Waals surface area contributed by atoms with Gasteiger partial charge in [0.15, 0.2) is 0 Å². The van der Waals surface area contributed by atoms with Gasteiger partial charge in [-0.25, -0.2) is 0 Å². The van der Waals surface area contributed by atoms with Crippen LogP contribution in [0.25, 0.3) is 0 Å². The number of rotatable bonds is 4. The van der Waals surface area contributed by atoms with Gasteiger partial charge in [0, 0.05) is 5.54 Å². The molecule has 1 heterocycles. The number of nitrogens with zero attached hydrogens (tertiary/aromatic N) is 1. The maximum absolute atomic E-state index is 12.9. The molecule has 0 bridgehead atoms. The molecule has 0 spiro atoms. The SMILES string of the molecule is CCC1(C)NC(=O)C(C(C)C)N(C(C)(C)CC)C1=O. The van der Waals surface area contributed by atoms with Crippen molar-refractivity contribution in [1.29, 1.82) is 0 Å². The normalized spacial score (nSPS) is 28.8. The minimum atomic E-state index is -0.769. The van der Waals surface area contributed by atoms with Gasteiger partial charge in [-0.2, -0.15) is 0 Å². The van der Waals surface area contributed by atoms with Crippen LogP contribution in [-0.4, -0.2) is 33.8 Å². The van der Waals surface area contributed by atoms with E-state index in [1.165, 1.54) is 0 Å². The largest absolute Gasteiger partial charge is 0.340 e. The zero-order valence-electron chi connectivity index (χ0n) is 13.3. The molecule has 0 radical (unpaired) electrons. The molecular formula is C15H28N2O2. The van der Waals surface area contributed by atoms with E-state index in [0.717, 1.165) is 6.42 Å². The summed E-state index contributed by atoms with van der Waals surface area (Å²) in [4.78, 5) is 27.1. The van der Waals surface area contributed by atoms with Crippen LogP contribution in [0, 0.1) is 5.92 Å². The highest BCUT2D eigenvalue weighted by Gasteiger charge is 2.51. The van der Waals surface area contributed by atoms with Crippen LogP contribution in [0.3, 0.4) is 0 Å². The van der Waals surface area contributed by atoms with Crippen molar-refractivity contribution in [1.82, 2.24) is 10.2 Å². The average molecular weight is 268 g/mol. The highest BCUT2D eigenvalue weighted by atomic mass is 16.2. The fourth-order valence-electron chi connectivity index (χ4n) is 2.57. The lowest BCUT2D eigenvalue weighted by Crippen LogP contribution is -2.73. The lowest BCUT2D eigenvalue weighted by Gasteiger charge is -2.52. The van der Waals surface area contributed by atoms with Gasteiger partial charge in [-0.05, 0) is 39.5 Å². The molecule has 1 aliphatic rings. The lowest BCUT2D eigenvalue weighted by molar-refractivity contribution is -0.163. The Morgan fingerprint density at radius 1 is 1.32 bits per heavy atom. The van der Waals surface area contributed by atoms with Gasteiger partial charge in [0.05, 0.1) is 0 Å². The molecule has 1 rings (SSSR count). The third-order valence-electron chi connectivity index (χ3n) is 4.49. The average Bonchev–Trinajstić information content (AvgIpc) is 2.32. The van der Waals surface area contributed by atoms with Crippen LogP contribution >= 0.6 is 0 Å². The summed E-state index contributed by atoms with van der Waals surface area (Å²) in [5.74, 6) is 0.122. The van der Waals surface area contributed by atoms with Crippen molar-refractivity contribution in [2.24, 2.45) is 5.92 Å². The van der Waals surface area contributed by atoms with Crippen molar-refractivity contribution >= 4 is 11.8 Å². The summed E-state index contributed by atoms with van der Waals surface area (Å²) in [6.07, 6.45) is 1.44. The minimum absolute atomic E-state index is 0.0273. The highest BCUT2D eigenvalue weighted by Crippen LogP contribution is 2.32. The first-order valence-electron chi connectivity index (χ1n) is 7.26. The molecule has 0 saturated carbocycles. The number of hydrogen-bond acceptors (Lipinski definition) is 2. The monoisotopic (exact) mass is 268 g/mol. The molecule has 19 heavy (non-hydrogen) atoms. The number of hydrogen-bond donors (Lipinski definition) is 1. The number of nitrogens with one attached hydrogen (secondary N) is 1. The van der Waals surface area contributed by atoms with E-state index in [4.69, 9.17) is 0 Å². The zero-order chi connectivity index (χ0) is 15.0. The van der Waals surface area contributed by atoms with Gasteiger partial charge in [-0.15, -0.1) is 0 Å². The molecule has 1 fully saturated rings. The summed E-state index contributed by atoms with van der Waals surface area (Å²) in [5.41, 5.74) is -1.07. The van der Waals surface area contributed by atoms with Gasteiger partial charge in [0.2, 0.25) is 11.8 Å². The molecule has 0 aromatic carbocycles. The van der Waals surface area contributed by atoms with E-state index < -0.39 is 5.54 Å². The van der Waals surface area contributed by atoms with Gasteiger partial charge in [0.25, 0.3) is 0 Å². The summed E-state index contributed by atoms with van der Waals surface area (Å²) in [7, 11) is 0. The Morgan fingerprint density at radius 3 is 2.21 bits per heavy atom. The van der Waals surface area contributed by atoms with Gasteiger partial charge in [-0.1, -0.05) is 27.7 Å². The van der Waals surface area contributed by atoms with Crippen LogP contribution in [-0.2, 0) is 9.59 Å².